The maximum absolute atomic E-state index is 11.7. The van der Waals surface area contributed by atoms with Crippen LogP contribution in [0.5, 0.6) is 0 Å². The van der Waals surface area contributed by atoms with Crippen molar-refractivity contribution in [1.29, 1.82) is 0 Å². The van der Waals surface area contributed by atoms with Crippen molar-refractivity contribution in [2.45, 2.75) is 45.1 Å². The van der Waals surface area contributed by atoms with Crippen LogP contribution in [0.2, 0.25) is 0 Å². The molecule has 2 fully saturated rings. The van der Waals surface area contributed by atoms with Crippen LogP contribution < -0.4 is 11.1 Å². The van der Waals surface area contributed by atoms with E-state index in [9.17, 15) is 4.79 Å². The molecule has 2 aliphatic rings. The van der Waals surface area contributed by atoms with Crippen LogP contribution in [0.4, 0.5) is 10.7 Å². The van der Waals surface area contributed by atoms with Gasteiger partial charge in [-0.1, -0.05) is 6.92 Å². The number of anilines is 2. The lowest BCUT2D eigenvalue weighted by Gasteiger charge is -2.17. The van der Waals surface area contributed by atoms with Crippen LogP contribution in [-0.2, 0) is 0 Å². The van der Waals surface area contributed by atoms with Crippen LogP contribution in [0.3, 0.4) is 0 Å². The number of nitrogen functional groups attached to an aromatic ring is 1. The summed E-state index contributed by atoms with van der Waals surface area (Å²) in [7, 11) is 0. The Balaban J connectivity index is 1.73. The smallest absolute Gasteiger partial charge is 0.174 e. The number of Topliss-reactive ketones (excluding diaryl/α,β-unsaturated/α-hetero) is 1. The minimum Gasteiger partial charge on any atom is -0.397 e. The van der Waals surface area contributed by atoms with Crippen molar-refractivity contribution in [3.8, 4) is 0 Å². The molecule has 0 aliphatic heterocycles. The summed E-state index contributed by atoms with van der Waals surface area (Å²) in [5.41, 5.74) is 6.57. The van der Waals surface area contributed by atoms with Gasteiger partial charge in [-0.3, -0.25) is 4.79 Å². The molecule has 2 aliphatic carbocycles. The number of thiophene rings is 1. The molecule has 1 aromatic rings. The van der Waals surface area contributed by atoms with Gasteiger partial charge < -0.3 is 11.1 Å². The molecule has 0 amide bonds. The van der Waals surface area contributed by atoms with Crippen molar-refractivity contribution < 1.29 is 4.79 Å². The standard InChI is InChI=1S/C14H20N2OS/c1-2-11(17)14-10(15)7-12(18-14)16-13(8-3-4-8)9-5-6-9/h7-9,13,16H,2-6,15H2,1H3. The van der Waals surface area contributed by atoms with Crippen molar-refractivity contribution in [2.75, 3.05) is 11.1 Å². The maximum atomic E-state index is 11.7. The van der Waals surface area contributed by atoms with Gasteiger partial charge in [0, 0.05) is 12.5 Å². The third-order valence-electron chi connectivity index (χ3n) is 3.90. The first-order valence-electron chi connectivity index (χ1n) is 6.88. The quantitative estimate of drug-likeness (QED) is 0.773. The van der Waals surface area contributed by atoms with Gasteiger partial charge in [0.05, 0.1) is 15.6 Å². The zero-order chi connectivity index (χ0) is 12.7. The summed E-state index contributed by atoms with van der Waals surface area (Å²) in [5, 5.41) is 4.71. The second kappa shape index (κ2) is 4.57. The molecule has 0 spiro atoms. The Morgan fingerprint density at radius 3 is 2.56 bits per heavy atom. The molecule has 1 heterocycles. The Bertz CT molecular complexity index is 448. The van der Waals surface area contributed by atoms with Crippen LogP contribution >= 0.6 is 11.3 Å². The van der Waals surface area contributed by atoms with Crippen LogP contribution in [0.1, 0.15) is 48.7 Å². The van der Waals surface area contributed by atoms with Gasteiger partial charge in [-0.2, -0.15) is 0 Å². The molecule has 18 heavy (non-hydrogen) atoms. The Morgan fingerprint density at radius 2 is 2.06 bits per heavy atom. The topological polar surface area (TPSA) is 55.1 Å². The fourth-order valence-corrected chi connectivity index (χ4v) is 3.59. The molecule has 3 N–H and O–H groups in total. The Morgan fingerprint density at radius 1 is 1.44 bits per heavy atom. The van der Waals surface area contributed by atoms with Gasteiger partial charge in [-0.25, -0.2) is 0 Å². The maximum Gasteiger partial charge on any atom is 0.174 e. The summed E-state index contributed by atoms with van der Waals surface area (Å²) in [6.45, 7) is 1.88. The second-order valence-electron chi connectivity index (χ2n) is 5.52. The molecule has 98 valence electrons. The Hall–Kier alpha value is -1.03. The minimum absolute atomic E-state index is 0.153. The SMILES string of the molecule is CCC(=O)c1sc(NC(C2CC2)C2CC2)cc1N. The lowest BCUT2D eigenvalue weighted by molar-refractivity contribution is 0.0993. The zero-order valence-corrected chi connectivity index (χ0v) is 11.6. The van der Waals surface area contributed by atoms with Crippen molar-refractivity contribution >= 4 is 27.8 Å². The largest absolute Gasteiger partial charge is 0.397 e. The molecule has 4 heteroatoms. The summed E-state index contributed by atoms with van der Waals surface area (Å²) < 4.78 is 0. The van der Waals surface area contributed by atoms with E-state index in [2.05, 4.69) is 5.32 Å². The van der Waals surface area contributed by atoms with Crippen LogP contribution in [0.25, 0.3) is 0 Å². The number of carbonyl (C=O) groups excluding carboxylic acids is 1. The number of carbonyl (C=O) groups is 1. The van der Waals surface area contributed by atoms with E-state index < -0.39 is 0 Å². The third kappa shape index (κ3) is 2.39. The van der Waals surface area contributed by atoms with E-state index in [1.807, 2.05) is 13.0 Å². The normalized spacial score (nSPS) is 19.2. The molecule has 0 bridgehead atoms. The molecule has 0 unspecified atom stereocenters. The van der Waals surface area contributed by atoms with Gasteiger partial charge in [0.25, 0.3) is 0 Å². The Kier molecular flexibility index (Phi) is 3.06. The lowest BCUT2D eigenvalue weighted by Crippen LogP contribution is -2.23. The van der Waals surface area contributed by atoms with Gasteiger partial charge in [0.1, 0.15) is 0 Å². The molecular weight excluding hydrogens is 244 g/mol. The molecule has 0 saturated heterocycles. The van der Waals surface area contributed by atoms with E-state index in [4.69, 9.17) is 5.73 Å². The van der Waals surface area contributed by atoms with E-state index in [1.54, 1.807) is 0 Å². The van der Waals surface area contributed by atoms with Crippen LogP contribution in [0, 0.1) is 11.8 Å². The number of hydrogen-bond acceptors (Lipinski definition) is 4. The van der Waals surface area contributed by atoms with Crippen molar-refractivity contribution in [3.05, 3.63) is 10.9 Å². The van der Waals surface area contributed by atoms with Crippen molar-refractivity contribution in [1.82, 2.24) is 0 Å². The summed E-state index contributed by atoms with van der Waals surface area (Å²) in [6.07, 6.45) is 5.95. The number of ketones is 1. The van der Waals surface area contributed by atoms with E-state index in [1.165, 1.54) is 37.0 Å². The number of nitrogens with two attached hydrogens (primary N) is 1. The predicted octanol–water partition coefficient (Wildman–Crippen LogP) is 3.52. The first kappa shape index (κ1) is 12.0. The average molecular weight is 264 g/mol. The number of rotatable bonds is 6. The monoisotopic (exact) mass is 264 g/mol. The predicted molar refractivity (Wildman–Crippen MR) is 76.2 cm³/mol. The van der Waals surface area contributed by atoms with E-state index in [0.717, 1.165) is 21.7 Å². The first-order chi connectivity index (χ1) is 8.69. The van der Waals surface area contributed by atoms with Crippen molar-refractivity contribution in [3.63, 3.8) is 0 Å². The Labute approximate surface area is 112 Å². The van der Waals surface area contributed by atoms with Gasteiger partial charge in [0.2, 0.25) is 0 Å². The van der Waals surface area contributed by atoms with E-state index in [0.29, 0.717) is 18.2 Å². The highest BCUT2D eigenvalue weighted by molar-refractivity contribution is 7.18. The summed E-state index contributed by atoms with van der Waals surface area (Å²) >= 11 is 1.53. The molecule has 1 aromatic heterocycles. The molecule has 0 atom stereocenters. The fourth-order valence-electron chi connectivity index (χ4n) is 2.55. The zero-order valence-electron chi connectivity index (χ0n) is 10.7. The number of nitrogens with one attached hydrogen (secondary N) is 1. The van der Waals surface area contributed by atoms with Gasteiger partial charge in [-0.15, -0.1) is 11.3 Å². The van der Waals surface area contributed by atoms with Gasteiger partial charge >= 0.3 is 0 Å². The first-order valence-corrected chi connectivity index (χ1v) is 7.69. The van der Waals surface area contributed by atoms with E-state index in [-0.39, 0.29) is 5.78 Å². The highest BCUT2D eigenvalue weighted by Crippen LogP contribution is 2.46. The molecule has 3 nitrogen and oxygen atoms in total. The van der Waals surface area contributed by atoms with Crippen LogP contribution in [-0.4, -0.2) is 11.8 Å². The number of hydrogen-bond donors (Lipinski definition) is 2. The van der Waals surface area contributed by atoms with E-state index >= 15 is 0 Å². The van der Waals surface area contributed by atoms with Crippen molar-refractivity contribution in [2.24, 2.45) is 11.8 Å². The van der Waals surface area contributed by atoms with Crippen LogP contribution in [0.15, 0.2) is 6.07 Å². The molecule has 3 rings (SSSR count). The lowest BCUT2D eigenvalue weighted by atomic mass is 10.1. The highest BCUT2D eigenvalue weighted by atomic mass is 32.1. The second-order valence-corrected chi connectivity index (χ2v) is 6.57. The molecular formula is C14H20N2OS. The molecule has 0 radical (unpaired) electrons. The summed E-state index contributed by atoms with van der Waals surface area (Å²) in [5.74, 6) is 1.86. The summed E-state index contributed by atoms with van der Waals surface area (Å²) in [6, 6.07) is 2.55. The minimum atomic E-state index is 0.153. The highest BCUT2D eigenvalue weighted by Gasteiger charge is 2.41. The molecule has 2 saturated carbocycles. The molecule has 0 aromatic carbocycles. The van der Waals surface area contributed by atoms with Gasteiger partial charge in [0.15, 0.2) is 5.78 Å². The fraction of sp³-hybridized carbons (Fsp3) is 0.643. The third-order valence-corrected chi connectivity index (χ3v) is 5.03. The average Bonchev–Trinajstić information content (AvgIpc) is 3.24. The summed E-state index contributed by atoms with van der Waals surface area (Å²) in [4.78, 5) is 12.5. The van der Waals surface area contributed by atoms with Gasteiger partial charge in [-0.05, 0) is 43.6 Å².